The number of benzene rings is 2. The van der Waals surface area contributed by atoms with Crippen molar-refractivity contribution in [2.24, 2.45) is 0 Å². The van der Waals surface area contributed by atoms with E-state index in [9.17, 15) is 0 Å². The van der Waals surface area contributed by atoms with Gasteiger partial charge in [-0.15, -0.1) is 6.42 Å². The van der Waals surface area contributed by atoms with E-state index in [1.807, 2.05) is 48.5 Å². The summed E-state index contributed by atoms with van der Waals surface area (Å²) in [7, 11) is 0. The Morgan fingerprint density at radius 3 is 2.28 bits per heavy atom. The van der Waals surface area contributed by atoms with Gasteiger partial charge in [-0.05, 0) is 31.0 Å². The highest BCUT2D eigenvalue weighted by atomic mass is 16.5. The molecule has 3 rings (SSSR count). The van der Waals surface area contributed by atoms with Crippen LogP contribution in [0.15, 0.2) is 54.6 Å². The third kappa shape index (κ3) is 1.87. The molecule has 1 aliphatic rings. The summed E-state index contributed by atoms with van der Waals surface area (Å²) in [5, 5.41) is 0. The molecule has 0 aromatic heterocycles. The minimum absolute atomic E-state index is 0.0919. The van der Waals surface area contributed by atoms with E-state index in [1.165, 1.54) is 0 Å². The van der Waals surface area contributed by atoms with Crippen LogP contribution < -0.4 is 4.74 Å². The smallest absolute Gasteiger partial charge is 0.132 e. The molecule has 1 aliphatic carbocycles. The first-order chi connectivity index (χ1) is 8.84. The van der Waals surface area contributed by atoms with Crippen molar-refractivity contribution in [3.05, 3.63) is 60.2 Å². The molecule has 1 heteroatoms. The Morgan fingerprint density at radius 2 is 1.61 bits per heavy atom. The Morgan fingerprint density at radius 1 is 0.944 bits per heavy atom. The van der Waals surface area contributed by atoms with Crippen molar-refractivity contribution in [2.75, 3.05) is 0 Å². The minimum Gasteiger partial charge on any atom is -0.457 e. The number of ether oxygens (including phenoxy) is 1. The topological polar surface area (TPSA) is 9.23 Å². The van der Waals surface area contributed by atoms with Crippen LogP contribution in [0.5, 0.6) is 11.5 Å². The van der Waals surface area contributed by atoms with E-state index < -0.39 is 0 Å². The molecule has 0 radical (unpaired) electrons. The van der Waals surface area contributed by atoms with Crippen LogP contribution in [-0.4, -0.2) is 0 Å². The lowest BCUT2D eigenvalue weighted by atomic mass is 9.96. The first kappa shape index (κ1) is 10.9. The second-order valence-electron chi connectivity index (χ2n) is 4.64. The Hall–Kier alpha value is -2.20. The molecule has 0 N–H and O–H groups in total. The predicted molar refractivity (Wildman–Crippen MR) is 72.7 cm³/mol. The maximum Gasteiger partial charge on any atom is 0.132 e. The summed E-state index contributed by atoms with van der Waals surface area (Å²) in [5.74, 6) is 4.63. The van der Waals surface area contributed by atoms with E-state index in [4.69, 9.17) is 11.2 Å². The molecule has 0 heterocycles. The molecule has 0 spiro atoms. The van der Waals surface area contributed by atoms with Crippen molar-refractivity contribution in [1.82, 2.24) is 0 Å². The third-order valence-corrected chi connectivity index (χ3v) is 3.40. The molecule has 1 nitrogen and oxygen atoms in total. The van der Waals surface area contributed by atoms with Crippen LogP contribution in [-0.2, 0) is 5.41 Å². The zero-order valence-electron chi connectivity index (χ0n) is 10.1. The number of para-hydroxylation sites is 2. The molecule has 88 valence electrons. The number of rotatable bonds is 3. The van der Waals surface area contributed by atoms with E-state index in [2.05, 4.69) is 12.0 Å². The van der Waals surface area contributed by atoms with Crippen LogP contribution in [0.25, 0.3) is 0 Å². The Bertz CT molecular complexity index is 589. The second kappa shape index (κ2) is 4.23. The van der Waals surface area contributed by atoms with Crippen molar-refractivity contribution in [3.8, 4) is 23.8 Å². The summed E-state index contributed by atoms with van der Waals surface area (Å²) in [6, 6.07) is 17.9. The van der Waals surface area contributed by atoms with Gasteiger partial charge in [0.05, 0.1) is 5.41 Å². The SMILES string of the molecule is C#CC1(c2ccccc2Oc2ccccc2)CC1. The van der Waals surface area contributed by atoms with Gasteiger partial charge in [0.15, 0.2) is 0 Å². The van der Waals surface area contributed by atoms with Crippen molar-refractivity contribution >= 4 is 0 Å². The standard InChI is InChI=1S/C17H14O/c1-2-17(12-13-17)15-10-6-7-11-16(15)18-14-8-4-3-5-9-14/h1,3-11H,12-13H2. The van der Waals surface area contributed by atoms with E-state index in [0.717, 1.165) is 29.9 Å². The average molecular weight is 234 g/mol. The first-order valence-corrected chi connectivity index (χ1v) is 6.14. The van der Waals surface area contributed by atoms with Crippen molar-refractivity contribution in [2.45, 2.75) is 18.3 Å². The largest absolute Gasteiger partial charge is 0.457 e. The van der Waals surface area contributed by atoms with Crippen LogP contribution in [0.3, 0.4) is 0 Å². The van der Waals surface area contributed by atoms with E-state index in [1.54, 1.807) is 0 Å². The van der Waals surface area contributed by atoms with Crippen molar-refractivity contribution in [1.29, 1.82) is 0 Å². The summed E-state index contributed by atoms with van der Waals surface area (Å²) in [5.41, 5.74) is 1.04. The molecule has 0 bridgehead atoms. The zero-order valence-corrected chi connectivity index (χ0v) is 10.1. The van der Waals surface area contributed by atoms with Crippen molar-refractivity contribution < 1.29 is 4.74 Å². The van der Waals surface area contributed by atoms with Gasteiger partial charge >= 0.3 is 0 Å². The lowest BCUT2D eigenvalue weighted by Gasteiger charge is -2.14. The molecule has 0 aliphatic heterocycles. The highest BCUT2D eigenvalue weighted by Gasteiger charge is 2.44. The number of hydrogen-bond acceptors (Lipinski definition) is 1. The second-order valence-corrected chi connectivity index (χ2v) is 4.64. The molecule has 0 saturated heterocycles. The van der Waals surface area contributed by atoms with Gasteiger partial charge in [-0.3, -0.25) is 0 Å². The molecular weight excluding hydrogens is 220 g/mol. The monoisotopic (exact) mass is 234 g/mol. The maximum absolute atomic E-state index is 5.94. The van der Waals surface area contributed by atoms with Gasteiger partial charge in [0, 0.05) is 5.56 Å². The average Bonchev–Trinajstić information content (AvgIpc) is 3.22. The molecule has 2 aromatic carbocycles. The zero-order chi connectivity index (χ0) is 12.4. The van der Waals surface area contributed by atoms with Gasteiger partial charge in [0.2, 0.25) is 0 Å². The van der Waals surface area contributed by atoms with Crippen LogP contribution in [0.4, 0.5) is 0 Å². The van der Waals surface area contributed by atoms with Gasteiger partial charge in [0.1, 0.15) is 11.5 Å². The van der Waals surface area contributed by atoms with Gasteiger partial charge in [-0.2, -0.15) is 0 Å². The lowest BCUT2D eigenvalue weighted by Crippen LogP contribution is -2.04. The van der Waals surface area contributed by atoms with Crippen LogP contribution in [0.2, 0.25) is 0 Å². The van der Waals surface area contributed by atoms with Crippen molar-refractivity contribution in [3.63, 3.8) is 0 Å². The van der Waals surface area contributed by atoms with E-state index >= 15 is 0 Å². The Labute approximate surface area is 107 Å². The molecule has 0 atom stereocenters. The van der Waals surface area contributed by atoms with Gasteiger partial charge < -0.3 is 4.74 Å². The number of hydrogen-bond donors (Lipinski definition) is 0. The summed E-state index contributed by atoms with van der Waals surface area (Å²) < 4.78 is 5.94. The van der Waals surface area contributed by atoms with Gasteiger partial charge in [-0.25, -0.2) is 0 Å². The van der Waals surface area contributed by atoms with Crippen LogP contribution in [0.1, 0.15) is 18.4 Å². The normalized spacial score (nSPS) is 15.7. The fraction of sp³-hybridized carbons (Fsp3) is 0.176. The summed E-state index contributed by atoms with van der Waals surface area (Å²) >= 11 is 0. The van der Waals surface area contributed by atoms with Gasteiger partial charge in [0.25, 0.3) is 0 Å². The molecule has 0 amide bonds. The minimum atomic E-state index is -0.0919. The molecule has 18 heavy (non-hydrogen) atoms. The molecule has 0 unspecified atom stereocenters. The highest BCUT2D eigenvalue weighted by molar-refractivity contribution is 5.50. The lowest BCUT2D eigenvalue weighted by molar-refractivity contribution is 0.473. The highest BCUT2D eigenvalue weighted by Crippen LogP contribution is 2.51. The first-order valence-electron chi connectivity index (χ1n) is 6.14. The summed E-state index contributed by atoms with van der Waals surface area (Å²) in [4.78, 5) is 0. The number of terminal acetylenes is 1. The van der Waals surface area contributed by atoms with Crippen LogP contribution in [0, 0.1) is 12.3 Å². The van der Waals surface area contributed by atoms with E-state index in [-0.39, 0.29) is 5.41 Å². The van der Waals surface area contributed by atoms with E-state index in [0.29, 0.717) is 0 Å². The molecule has 1 fully saturated rings. The fourth-order valence-corrected chi connectivity index (χ4v) is 2.18. The summed E-state index contributed by atoms with van der Waals surface area (Å²) in [6.07, 6.45) is 7.77. The Balaban J connectivity index is 1.96. The molecular formula is C17H14O. The predicted octanol–water partition coefficient (Wildman–Crippen LogP) is 4.14. The molecule has 1 saturated carbocycles. The molecule has 2 aromatic rings. The third-order valence-electron chi connectivity index (χ3n) is 3.40. The Kier molecular flexibility index (Phi) is 2.57. The summed E-state index contributed by atoms with van der Waals surface area (Å²) in [6.45, 7) is 0. The quantitative estimate of drug-likeness (QED) is 0.725. The van der Waals surface area contributed by atoms with Gasteiger partial charge in [-0.1, -0.05) is 42.3 Å². The van der Waals surface area contributed by atoms with Crippen LogP contribution >= 0.6 is 0 Å². The fourth-order valence-electron chi connectivity index (χ4n) is 2.18. The maximum atomic E-state index is 5.94.